The summed E-state index contributed by atoms with van der Waals surface area (Å²) in [5.41, 5.74) is 4.85. The van der Waals surface area contributed by atoms with Crippen LogP contribution in [-0.4, -0.2) is 16.0 Å². The largest absolute Gasteiger partial charge is 0.364 e. The summed E-state index contributed by atoms with van der Waals surface area (Å²) >= 11 is 0. The summed E-state index contributed by atoms with van der Waals surface area (Å²) in [5, 5.41) is 7.30. The van der Waals surface area contributed by atoms with Crippen molar-refractivity contribution < 1.29 is 9.32 Å². The van der Waals surface area contributed by atoms with Gasteiger partial charge in [0.1, 0.15) is 17.7 Å². The van der Waals surface area contributed by atoms with Crippen LogP contribution < -0.4 is 16.6 Å². The van der Waals surface area contributed by atoms with E-state index < -0.39 is 0 Å². The SMILES string of the molecule is NNc1cc(C(=O)NCc2ccon2)nc2ccccc12. The van der Waals surface area contributed by atoms with Crippen LogP contribution in [0.5, 0.6) is 0 Å². The number of carbonyl (C=O) groups is 1. The molecule has 0 unspecified atom stereocenters. The molecular formula is C14H13N5O2. The average molecular weight is 283 g/mol. The molecule has 7 nitrogen and oxygen atoms in total. The molecule has 1 aromatic carbocycles. The second-order valence-electron chi connectivity index (χ2n) is 4.39. The normalized spacial score (nSPS) is 10.5. The third-order valence-corrected chi connectivity index (χ3v) is 3.03. The van der Waals surface area contributed by atoms with Gasteiger partial charge in [0, 0.05) is 11.5 Å². The molecule has 0 bridgehead atoms. The van der Waals surface area contributed by atoms with Crippen LogP contribution in [0.1, 0.15) is 16.2 Å². The zero-order chi connectivity index (χ0) is 14.7. The first-order chi connectivity index (χ1) is 10.3. The van der Waals surface area contributed by atoms with Gasteiger partial charge in [-0.1, -0.05) is 23.4 Å². The minimum absolute atomic E-state index is 0.273. The molecular weight excluding hydrogens is 270 g/mol. The summed E-state index contributed by atoms with van der Waals surface area (Å²) < 4.78 is 4.70. The zero-order valence-corrected chi connectivity index (χ0v) is 11.0. The quantitative estimate of drug-likeness (QED) is 0.494. The van der Waals surface area contributed by atoms with Gasteiger partial charge in [0.15, 0.2) is 0 Å². The van der Waals surface area contributed by atoms with Gasteiger partial charge in [0.2, 0.25) is 0 Å². The second kappa shape index (κ2) is 5.59. The predicted molar refractivity (Wildman–Crippen MR) is 77.2 cm³/mol. The zero-order valence-electron chi connectivity index (χ0n) is 11.0. The van der Waals surface area contributed by atoms with Crippen LogP contribution in [0.15, 0.2) is 47.2 Å². The van der Waals surface area contributed by atoms with Crippen molar-refractivity contribution in [3.63, 3.8) is 0 Å². The smallest absolute Gasteiger partial charge is 0.270 e. The highest BCUT2D eigenvalue weighted by atomic mass is 16.5. The molecule has 1 amide bonds. The maximum Gasteiger partial charge on any atom is 0.270 e. The van der Waals surface area contributed by atoms with Gasteiger partial charge >= 0.3 is 0 Å². The van der Waals surface area contributed by atoms with E-state index in [-0.39, 0.29) is 18.1 Å². The lowest BCUT2D eigenvalue weighted by Crippen LogP contribution is -2.24. The highest BCUT2D eigenvalue weighted by molar-refractivity contribution is 5.99. The first-order valence-corrected chi connectivity index (χ1v) is 6.32. The molecule has 3 rings (SSSR count). The van der Waals surface area contributed by atoms with E-state index >= 15 is 0 Å². The summed E-state index contributed by atoms with van der Waals surface area (Å²) in [7, 11) is 0. The van der Waals surface area contributed by atoms with E-state index in [4.69, 9.17) is 10.4 Å². The molecule has 0 aliphatic carbocycles. The first-order valence-electron chi connectivity index (χ1n) is 6.32. The number of hydrogen-bond donors (Lipinski definition) is 3. The lowest BCUT2D eigenvalue weighted by Gasteiger charge is -2.08. The maximum atomic E-state index is 12.2. The lowest BCUT2D eigenvalue weighted by atomic mass is 10.1. The number of nitrogens with two attached hydrogens (primary N) is 1. The minimum Gasteiger partial charge on any atom is -0.364 e. The number of hydrazine groups is 1. The van der Waals surface area contributed by atoms with E-state index in [9.17, 15) is 4.79 Å². The number of pyridine rings is 1. The van der Waals surface area contributed by atoms with Crippen LogP contribution >= 0.6 is 0 Å². The summed E-state index contributed by atoms with van der Waals surface area (Å²) in [4.78, 5) is 16.5. The van der Waals surface area contributed by atoms with E-state index in [2.05, 4.69) is 20.9 Å². The minimum atomic E-state index is -0.305. The number of amides is 1. The highest BCUT2D eigenvalue weighted by Gasteiger charge is 2.11. The van der Waals surface area contributed by atoms with Gasteiger partial charge in [0.25, 0.3) is 5.91 Å². The van der Waals surface area contributed by atoms with E-state index in [0.29, 0.717) is 16.9 Å². The van der Waals surface area contributed by atoms with Gasteiger partial charge in [-0.2, -0.15) is 0 Å². The number of nitrogen functional groups attached to an aromatic ring is 1. The Bertz CT molecular complexity index is 770. The Morgan fingerprint density at radius 2 is 2.14 bits per heavy atom. The third kappa shape index (κ3) is 2.67. The molecule has 0 aliphatic heterocycles. The average Bonchev–Trinajstić information content (AvgIpc) is 3.04. The van der Waals surface area contributed by atoms with Crippen LogP contribution in [0, 0.1) is 0 Å². The molecule has 0 saturated carbocycles. The summed E-state index contributed by atoms with van der Waals surface area (Å²) in [5.74, 6) is 5.20. The molecule has 0 radical (unpaired) electrons. The number of hydrogen-bond acceptors (Lipinski definition) is 6. The number of nitrogens with zero attached hydrogens (tertiary/aromatic N) is 2. The number of fused-ring (bicyclic) bond motifs is 1. The second-order valence-corrected chi connectivity index (χ2v) is 4.39. The number of aromatic nitrogens is 2. The number of benzene rings is 1. The maximum absolute atomic E-state index is 12.2. The van der Waals surface area contributed by atoms with Crippen LogP contribution in [-0.2, 0) is 6.54 Å². The van der Waals surface area contributed by atoms with E-state index in [1.165, 1.54) is 6.26 Å². The molecule has 106 valence electrons. The Kier molecular flexibility index (Phi) is 3.48. The molecule has 7 heteroatoms. The number of nitrogens with one attached hydrogen (secondary N) is 2. The van der Waals surface area contributed by atoms with Crippen LogP contribution in [0.3, 0.4) is 0 Å². The van der Waals surface area contributed by atoms with Gasteiger partial charge in [-0.3, -0.25) is 10.6 Å². The van der Waals surface area contributed by atoms with Gasteiger partial charge in [0.05, 0.1) is 17.7 Å². The van der Waals surface area contributed by atoms with E-state index in [0.717, 1.165) is 5.39 Å². The molecule has 4 N–H and O–H groups in total. The molecule has 0 aliphatic rings. The van der Waals surface area contributed by atoms with Crippen LogP contribution in [0.4, 0.5) is 5.69 Å². The van der Waals surface area contributed by atoms with Crippen molar-refractivity contribution in [3.8, 4) is 0 Å². The van der Waals surface area contributed by atoms with Crippen molar-refractivity contribution in [1.82, 2.24) is 15.5 Å². The fourth-order valence-corrected chi connectivity index (χ4v) is 2.00. The Morgan fingerprint density at radius 1 is 1.29 bits per heavy atom. The number of carbonyl (C=O) groups excluding carboxylic acids is 1. The molecule has 21 heavy (non-hydrogen) atoms. The fourth-order valence-electron chi connectivity index (χ4n) is 2.00. The number of anilines is 1. The van der Waals surface area contributed by atoms with E-state index in [1.807, 2.05) is 24.3 Å². The standard InChI is InChI=1S/C14H13N5O2/c15-18-12-7-13(17-11-4-2-1-3-10(11)12)14(20)16-8-9-5-6-21-19-9/h1-7H,8,15H2,(H,16,20)(H,17,18). The van der Waals surface area contributed by atoms with Crippen LogP contribution in [0.25, 0.3) is 10.9 Å². The highest BCUT2D eigenvalue weighted by Crippen LogP contribution is 2.22. The fraction of sp³-hybridized carbons (Fsp3) is 0.0714. The molecule has 2 aromatic heterocycles. The molecule has 2 heterocycles. The van der Waals surface area contributed by atoms with Crippen molar-refractivity contribution in [2.75, 3.05) is 5.43 Å². The summed E-state index contributed by atoms with van der Waals surface area (Å²) in [6.45, 7) is 0.273. The van der Waals surface area contributed by atoms with E-state index in [1.54, 1.807) is 12.1 Å². The lowest BCUT2D eigenvalue weighted by molar-refractivity contribution is 0.0945. The molecule has 0 fully saturated rings. The Morgan fingerprint density at radius 3 is 2.90 bits per heavy atom. The van der Waals surface area contributed by atoms with Crippen molar-refractivity contribution in [1.29, 1.82) is 0 Å². The third-order valence-electron chi connectivity index (χ3n) is 3.03. The van der Waals surface area contributed by atoms with Gasteiger partial charge in [-0.15, -0.1) is 0 Å². The van der Waals surface area contributed by atoms with Crippen LogP contribution in [0.2, 0.25) is 0 Å². The molecule has 3 aromatic rings. The monoisotopic (exact) mass is 283 g/mol. The Hall–Kier alpha value is -2.93. The van der Waals surface area contributed by atoms with Crippen molar-refractivity contribution in [2.24, 2.45) is 5.84 Å². The number of rotatable bonds is 4. The van der Waals surface area contributed by atoms with Gasteiger partial charge in [-0.05, 0) is 12.1 Å². The van der Waals surface area contributed by atoms with Crippen molar-refractivity contribution in [2.45, 2.75) is 6.54 Å². The first kappa shape index (κ1) is 13.1. The molecule has 0 atom stereocenters. The van der Waals surface area contributed by atoms with Gasteiger partial charge < -0.3 is 15.3 Å². The number of para-hydroxylation sites is 1. The topological polar surface area (TPSA) is 106 Å². The van der Waals surface area contributed by atoms with Crippen molar-refractivity contribution in [3.05, 3.63) is 54.0 Å². The summed E-state index contributed by atoms with van der Waals surface area (Å²) in [6.07, 6.45) is 1.45. The van der Waals surface area contributed by atoms with Gasteiger partial charge in [-0.25, -0.2) is 4.98 Å². The van der Waals surface area contributed by atoms with Crippen molar-refractivity contribution >= 4 is 22.5 Å². The summed E-state index contributed by atoms with van der Waals surface area (Å²) in [6, 6.07) is 10.7. The molecule has 0 saturated heterocycles. The Labute approximate surface area is 120 Å². The molecule has 0 spiro atoms. The Balaban J connectivity index is 1.87. The predicted octanol–water partition coefficient (Wildman–Crippen LogP) is 1.44.